The standard InChI is InChI=1S/C21H19ClN4O4S/c1-15-17(22)8-5-9-18(15)31(27,28)25-20-21(26-11-10-23-14-19(26)24-20)30-13-12-29-16-6-3-2-4-7-16/h2-11,14,25H,12-13H2,1H3. The summed E-state index contributed by atoms with van der Waals surface area (Å²) in [5.74, 6) is 0.996. The van der Waals surface area contributed by atoms with Crippen molar-refractivity contribution in [3.05, 3.63) is 77.7 Å². The van der Waals surface area contributed by atoms with Gasteiger partial charge in [0.2, 0.25) is 11.7 Å². The first-order valence-corrected chi connectivity index (χ1v) is 11.2. The van der Waals surface area contributed by atoms with E-state index in [1.54, 1.807) is 35.9 Å². The number of halogens is 1. The number of fused-ring (bicyclic) bond motifs is 1. The second-order valence-corrected chi connectivity index (χ2v) is 8.61. The number of benzene rings is 2. The molecule has 0 fully saturated rings. The van der Waals surface area contributed by atoms with E-state index in [0.717, 1.165) is 0 Å². The molecular formula is C21H19ClN4O4S. The van der Waals surface area contributed by atoms with Crippen molar-refractivity contribution in [1.82, 2.24) is 14.4 Å². The van der Waals surface area contributed by atoms with Crippen LogP contribution < -0.4 is 14.2 Å². The van der Waals surface area contributed by atoms with Crippen molar-refractivity contribution in [3.8, 4) is 11.6 Å². The average molecular weight is 459 g/mol. The van der Waals surface area contributed by atoms with Gasteiger partial charge in [-0.3, -0.25) is 14.1 Å². The number of aromatic nitrogens is 3. The fourth-order valence-corrected chi connectivity index (χ4v) is 4.46. The highest BCUT2D eigenvalue weighted by molar-refractivity contribution is 7.92. The van der Waals surface area contributed by atoms with Gasteiger partial charge < -0.3 is 9.47 Å². The zero-order valence-electron chi connectivity index (χ0n) is 16.5. The van der Waals surface area contributed by atoms with E-state index in [1.165, 1.54) is 12.3 Å². The lowest BCUT2D eigenvalue weighted by atomic mass is 10.2. The van der Waals surface area contributed by atoms with Gasteiger partial charge in [-0.15, -0.1) is 0 Å². The highest BCUT2D eigenvalue weighted by Crippen LogP contribution is 2.30. The molecule has 0 aliphatic heterocycles. The molecule has 0 saturated heterocycles. The van der Waals surface area contributed by atoms with Crippen molar-refractivity contribution >= 4 is 33.1 Å². The molecule has 0 aliphatic carbocycles. The minimum Gasteiger partial charge on any atom is -0.490 e. The summed E-state index contributed by atoms with van der Waals surface area (Å²) in [6.07, 6.45) is 4.70. The zero-order valence-corrected chi connectivity index (χ0v) is 18.1. The van der Waals surface area contributed by atoms with Crippen LogP contribution in [0.2, 0.25) is 5.02 Å². The number of hydrogen-bond donors (Lipinski definition) is 1. The SMILES string of the molecule is Cc1c(Cl)cccc1S(=O)(=O)Nc1nc2cnccn2c1OCCOc1ccccc1. The van der Waals surface area contributed by atoms with Crippen molar-refractivity contribution in [2.75, 3.05) is 17.9 Å². The highest BCUT2D eigenvalue weighted by Gasteiger charge is 2.23. The Balaban J connectivity index is 1.58. The number of anilines is 1. The predicted octanol–water partition coefficient (Wildman–Crippen LogP) is 3.95. The maximum Gasteiger partial charge on any atom is 0.263 e. The van der Waals surface area contributed by atoms with Gasteiger partial charge in [0.25, 0.3) is 10.0 Å². The molecule has 4 aromatic rings. The van der Waals surface area contributed by atoms with Gasteiger partial charge in [0, 0.05) is 17.4 Å². The molecule has 4 rings (SSSR count). The Hall–Kier alpha value is -3.30. The third-order valence-electron chi connectivity index (χ3n) is 4.46. The number of nitrogens with one attached hydrogen (secondary N) is 1. The van der Waals surface area contributed by atoms with E-state index >= 15 is 0 Å². The third-order valence-corrected chi connectivity index (χ3v) is 6.35. The van der Waals surface area contributed by atoms with E-state index in [9.17, 15) is 8.42 Å². The summed E-state index contributed by atoms with van der Waals surface area (Å²) in [7, 11) is -3.95. The molecule has 0 unspecified atom stereocenters. The quantitative estimate of drug-likeness (QED) is 0.402. The van der Waals surface area contributed by atoms with Gasteiger partial charge >= 0.3 is 0 Å². The summed E-state index contributed by atoms with van der Waals surface area (Å²) < 4.78 is 41.6. The van der Waals surface area contributed by atoms with Crippen LogP contribution in [0.4, 0.5) is 5.82 Å². The Morgan fingerprint density at radius 3 is 2.65 bits per heavy atom. The Morgan fingerprint density at radius 1 is 1.06 bits per heavy atom. The molecule has 0 amide bonds. The summed E-state index contributed by atoms with van der Waals surface area (Å²) in [6.45, 7) is 2.08. The summed E-state index contributed by atoms with van der Waals surface area (Å²) in [5.41, 5.74) is 0.878. The predicted molar refractivity (Wildman–Crippen MR) is 117 cm³/mol. The first-order valence-electron chi connectivity index (χ1n) is 9.36. The summed E-state index contributed by atoms with van der Waals surface area (Å²) in [5, 5.41) is 0.358. The van der Waals surface area contributed by atoms with Crippen molar-refractivity contribution < 1.29 is 17.9 Å². The number of ether oxygens (including phenoxy) is 2. The number of sulfonamides is 1. The molecule has 160 valence electrons. The first-order chi connectivity index (χ1) is 15.0. The van der Waals surface area contributed by atoms with E-state index in [-0.39, 0.29) is 29.8 Å². The maximum atomic E-state index is 13.0. The smallest absolute Gasteiger partial charge is 0.263 e. The zero-order chi connectivity index (χ0) is 21.8. The normalized spacial score (nSPS) is 11.4. The molecule has 31 heavy (non-hydrogen) atoms. The molecule has 0 bridgehead atoms. The minimum atomic E-state index is -3.95. The van der Waals surface area contributed by atoms with Gasteiger partial charge in [-0.2, -0.15) is 0 Å². The number of hydrogen-bond acceptors (Lipinski definition) is 6. The molecule has 0 radical (unpaired) electrons. The van der Waals surface area contributed by atoms with Gasteiger partial charge in [0.15, 0.2) is 5.65 Å². The molecule has 2 heterocycles. The Labute approximate surface area is 184 Å². The number of rotatable bonds is 8. The van der Waals surface area contributed by atoms with Crippen LogP contribution in [0, 0.1) is 6.92 Å². The van der Waals surface area contributed by atoms with Crippen molar-refractivity contribution in [2.45, 2.75) is 11.8 Å². The minimum absolute atomic E-state index is 0.0482. The molecule has 0 spiro atoms. The number of nitrogens with zero attached hydrogens (tertiary/aromatic N) is 3. The van der Waals surface area contributed by atoms with Crippen molar-refractivity contribution in [1.29, 1.82) is 0 Å². The van der Waals surface area contributed by atoms with E-state index in [4.69, 9.17) is 21.1 Å². The summed E-state index contributed by atoms with van der Waals surface area (Å²) in [6, 6.07) is 14.0. The molecule has 0 atom stereocenters. The molecule has 0 aliphatic rings. The van der Waals surface area contributed by atoms with Gasteiger partial charge in [-0.25, -0.2) is 13.4 Å². The Morgan fingerprint density at radius 2 is 1.84 bits per heavy atom. The van der Waals surface area contributed by atoms with Gasteiger partial charge in [0.1, 0.15) is 19.0 Å². The second-order valence-electron chi connectivity index (χ2n) is 6.55. The maximum absolute atomic E-state index is 13.0. The molecule has 10 heteroatoms. The number of para-hydroxylation sites is 1. The largest absolute Gasteiger partial charge is 0.490 e. The molecular weight excluding hydrogens is 440 g/mol. The Bertz CT molecular complexity index is 1310. The van der Waals surface area contributed by atoms with E-state index in [1.807, 2.05) is 30.3 Å². The fraction of sp³-hybridized carbons (Fsp3) is 0.143. The number of imidazole rings is 1. The van der Waals surface area contributed by atoms with E-state index in [2.05, 4.69) is 14.7 Å². The van der Waals surface area contributed by atoms with Crippen molar-refractivity contribution in [3.63, 3.8) is 0 Å². The lowest BCUT2D eigenvalue weighted by Gasteiger charge is -2.12. The Kier molecular flexibility index (Phi) is 5.97. The molecule has 1 N–H and O–H groups in total. The third kappa shape index (κ3) is 4.57. The lowest BCUT2D eigenvalue weighted by Crippen LogP contribution is -2.16. The second kappa shape index (κ2) is 8.83. The van der Waals surface area contributed by atoms with E-state index < -0.39 is 10.0 Å². The topological polar surface area (TPSA) is 94.8 Å². The van der Waals surface area contributed by atoms with Gasteiger partial charge in [0.05, 0.1) is 11.1 Å². The van der Waals surface area contributed by atoms with Crippen LogP contribution in [0.15, 0.2) is 72.0 Å². The molecule has 8 nitrogen and oxygen atoms in total. The average Bonchev–Trinajstić information content (AvgIpc) is 3.10. The van der Waals surface area contributed by atoms with Crippen molar-refractivity contribution in [2.24, 2.45) is 0 Å². The van der Waals surface area contributed by atoms with Gasteiger partial charge in [-0.1, -0.05) is 35.9 Å². The van der Waals surface area contributed by atoms with Crippen LogP contribution >= 0.6 is 11.6 Å². The molecule has 0 saturated carbocycles. The highest BCUT2D eigenvalue weighted by atomic mass is 35.5. The van der Waals surface area contributed by atoms with Gasteiger partial charge in [-0.05, 0) is 36.8 Å². The fourth-order valence-electron chi connectivity index (χ4n) is 2.96. The van der Waals surface area contributed by atoms with Crippen LogP contribution in [0.5, 0.6) is 11.6 Å². The van der Waals surface area contributed by atoms with E-state index in [0.29, 0.717) is 22.0 Å². The lowest BCUT2D eigenvalue weighted by molar-refractivity contribution is 0.211. The molecule has 2 aromatic heterocycles. The molecule has 2 aromatic carbocycles. The van der Waals surface area contributed by atoms with Crippen LogP contribution in [-0.4, -0.2) is 36.0 Å². The summed E-state index contributed by atoms with van der Waals surface area (Å²) >= 11 is 6.09. The van der Waals surface area contributed by atoms with Crippen LogP contribution in [-0.2, 0) is 10.0 Å². The monoisotopic (exact) mass is 458 g/mol. The van der Waals surface area contributed by atoms with Crippen LogP contribution in [0.25, 0.3) is 5.65 Å². The van der Waals surface area contributed by atoms with Crippen LogP contribution in [0.1, 0.15) is 5.56 Å². The first kappa shape index (κ1) is 21.0. The van der Waals surface area contributed by atoms with Crippen LogP contribution in [0.3, 0.4) is 0 Å². The summed E-state index contributed by atoms with van der Waals surface area (Å²) in [4.78, 5) is 8.41.